The zero-order valence-corrected chi connectivity index (χ0v) is 18.7. The van der Waals surface area contributed by atoms with Gasteiger partial charge in [0.1, 0.15) is 6.54 Å². The highest BCUT2D eigenvalue weighted by Crippen LogP contribution is 2.33. The third kappa shape index (κ3) is 4.17. The number of methoxy groups -OCH3 is 2. The number of para-hydroxylation sites is 1. The summed E-state index contributed by atoms with van der Waals surface area (Å²) < 4.78 is 19.2. The van der Waals surface area contributed by atoms with Crippen molar-refractivity contribution in [2.24, 2.45) is 4.99 Å². The largest absolute Gasteiger partial charge is 0.493 e. The molecule has 0 aliphatic carbocycles. The molecule has 31 heavy (non-hydrogen) atoms. The molecule has 1 amide bonds. The van der Waals surface area contributed by atoms with E-state index < -0.39 is 11.9 Å². The van der Waals surface area contributed by atoms with Crippen LogP contribution >= 0.6 is 22.7 Å². The van der Waals surface area contributed by atoms with Crippen molar-refractivity contribution in [2.45, 2.75) is 13.5 Å². The maximum Gasteiger partial charge on any atom is 0.326 e. The number of hydrogen-bond acceptors (Lipinski definition) is 8. The number of fused-ring (bicyclic) bond motifs is 2. The van der Waals surface area contributed by atoms with Gasteiger partial charge in [0, 0.05) is 12.1 Å². The Kier molecular flexibility index (Phi) is 6.01. The predicted octanol–water partition coefficient (Wildman–Crippen LogP) is 3.63. The van der Waals surface area contributed by atoms with Crippen molar-refractivity contribution in [1.29, 1.82) is 0 Å². The lowest BCUT2D eigenvalue weighted by Crippen LogP contribution is -2.23. The fraction of sp³-hybridized carbons (Fsp3) is 0.238. The van der Waals surface area contributed by atoms with E-state index in [0.717, 1.165) is 14.9 Å². The number of ether oxygens (including phenoxy) is 3. The standard InChI is InChI=1S/C21H19N3O5S2/c1-4-29-18(25)11-24-13-9-14(27-2)15(28-3)10-17(13)31-21(24)23-19(26)20-22-12-7-5-6-8-16(12)30-20/h5-10H,4,11H2,1-3H3. The number of thiazole rings is 2. The summed E-state index contributed by atoms with van der Waals surface area (Å²) in [6.45, 7) is 1.91. The van der Waals surface area contributed by atoms with E-state index in [1.807, 2.05) is 24.3 Å². The lowest BCUT2D eigenvalue weighted by Gasteiger charge is -2.09. The van der Waals surface area contributed by atoms with Crippen LogP contribution in [0.15, 0.2) is 41.4 Å². The number of carbonyl (C=O) groups is 2. The molecule has 2 aromatic carbocycles. The van der Waals surface area contributed by atoms with Crippen molar-refractivity contribution >= 4 is 55.0 Å². The number of nitrogens with zero attached hydrogens (tertiary/aromatic N) is 3. The summed E-state index contributed by atoms with van der Waals surface area (Å²) in [6, 6.07) is 11.1. The van der Waals surface area contributed by atoms with E-state index in [0.29, 0.717) is 21.8 Å². The van der Waals surface area contributed by atoms with Crippen molar-refractivity contribution in [3.8, 4) is 11.5 Å². The summed E-state index contributed by atoms with van der Waals surface area (Å²) in [5.74, 6) is 0.160. The molecule has 0 aliphatic rings. The molecule has 0 bridgehead atoms. The van der Waals surface area contributed by atoms with Crippen LogP contribution in [0.5, 0.6) is 11.5 Å². The second-order valence-corrected chi connectivity index (χ2v) is 8.39. The minimum atomic E-state index is -0.468. The van der Waals surface area contributed by atoms with Crippen LogP contribution in [0.3, 0.4) is 0 Å². The molecule has 2 aromatic heterocycles. The molecule has 0 unspecified atom stereocenters. The van der Waals surface area contributed by atoms with Crippen LogP contribution in [-0.4, -0.2) is 42.3 Å². The fourth-order valence-corrected chi connectivity index (χ4v) is 4.96. The van der Waals surface area contributed by atoms with E-state index in [4.69, 9.17) is 14.2 Å². The van der Waals surface area contributed by atoms with Gasteiger partial charge in [0.2, 0.25) is 0 Å². The molecule has 0 fully saturated rings. The molecule has 0 saturated heterocycles. The van der Waals surface area contributed by atoms with Gasteiger partial charge >= 0.3 is 11.9 Å². The summed E-state index contributed by atoms with van der Waals surface area (Å²) in [4.78, 5) is 34.1. The summed E-state index contributed by atoms with van der Waals surface area (Å²) in [7, 11) is 3.08. The quantitative estimate of drug-likeness (QED) is 0.411. The van der Waals surface area contributed by atoms with Crippen LogP contribution in [0.1, 0.15) is 16.7 Å². The molecule has 4 aromatic rings. The molecule has 8 nitrogen and oxygen atoms in total. The first-order valence-electron chi connectivity index (χ1n) is 9.39. The number of hydrogen-bond donors (Lipinski definition) is 0. The van der Waals surface area contributed by atoms with Gasteiger partial charge in [-0.25, -0.2) is 4.98 Å². The summed E-state index contributed by atoms with van der Waals surface area (Å²) in [5.41, 5.74) is 1.43. The lowest BCUT2D eigenvalue weighted by molar-refractivity contribution is -0.143. The second kappa shape index (κ2) is 8.86. The second-order valence-electron chi connectivity index (χ2n) is 6.35. The van der Waals surface area contributed by atoms with Gasteiger partial charge in [-0.3, -0.25) is 9.59 Å². The Morgan fingerprint density at radius 3 is 2.52 bits per heavy atom. The maximum absolute atomic E-state index is 12.9. The molecule has 0 saturated carbocycles. The van der Waals surface area contributed by atoms with E-state index in [1.165, 1.54) is 29.8 Å². The van der Waals surface area contributed by atoms with Gasteiger partial charge in [0.05, 0.1) is 41.3 Å². The topological polar surface area (TPSA) is 92.0 Å². The van der Waals surface area contributed by atoms with Gasteiger partial charge in [-0.15, -0.1) is 11.3 Å². The van der Waals surface area contributed by atoms with Crippen LogP contribution < -0.4 is 14.3 Å². The molecule has 0 N–H and O–H groups in total. The summed E-state index contributed by atoms with van der Waals surface area (Å²) >= 11 is 2.55. The van der Waals surface area contributed by atoms with Crippen LogP contribution in [0.25, 0.3) is 20.4 Å². The molecule has 0 aliphatic heterocycles. The average molecular weight is 458 g/mol. The Balaban J connectivity index is 1.85. The molecule has 4 rings (SSSR count). The van der Waals surface area contributed by atoms with E-state index in [9.17, 15) is 9.59 Å². The first-order valence-corrected chi connectivity index (χ1v) is 11.0. The Morgan fingerprint density at radius 2 is 1.81 bits per heavy atom. The van der Waals surface area contributed by atoms with Crippen LogP contribution in [0.4, 0.5) is 0 Å². The molecular formula is C21H19N3O5S2. The lowest BCUT2D eigenvalue weighted by atomic mass is 10.3. The predicted molar refractivity (Wildman–Crippen MR) is 119 cm³/mol. The molecule has 10 heteroatoms. The third-order valence-electron chi connectivity index (χ3n) is 4.45. The zero-order valence-electron chi connectivity index (χ0n) is 17.1. The Labute approximate surface area is 185 Å². The molecule has 160 valence electrons. The fourth-order valence-electron chi connectivity index (χ4n) is 3.07. The Bertz CT molecular complexity index is 1320. The van der Waals surface area contributed by atoms with Gasteiger partial charge in [0.25, 0.3) is 0 Å². The van der Waals surface area contributed by atoms with Crippen molar-refractivity contribution in [2.75, 3.05) is 20.8 Å². The van der Waals surface area contributed by atoms with Crippen molar-refractivity contribution in [1.82, 2.24) is 9.55 Å². The summed E-state index contributed by atoms with van der Waals surface area (Å²) in [6.07, 6.45) is 0. The Hall–Kier alpha value is -3.24. The maximum atomic E-state index is 12.9. The van der Waals surface area contributed by atoms with E-state index in [2.05, 4.69) is 9.98 Å². The van der Waals surface area contributed by atoms with E-state index >= 15 is 0 Å². The number of amides is 1. The highest BCUT2D eigenvalue weighted by atomic mass is 32.1. The van der Waals surface area contributed by atoms with Crippen LogP contribution in [-0.2, 0) is 16.1 Å². The van der Waals surface area contributed by atoms with Gasteiger partial charge in [-0.1, -0.05) is 23.5 Å². The smallest absolute Gasteiger partial charge is 0.326 e. The van der Waals surface area contributed by atoms with E-state index in [1.54, 1.807) is 30.7 Å². The highest BCUT2D eigenvalue weighted by Gasteiger charge is 2.17. The number of rotatable bonds is 6. The van der Waals surface area contributed by atoms with Gasteiger partial charge < -0.3 is 18.8 Å². The third-order valence-corrected chi connectivity index (χ3v) is 6.52. The van der Waals surface area contributed by atoms with Crippen molar-refractivity contribution in [3.05, 3.63) is 46.2 Å². The first kappa shape index (κ1) is 21.0. The first-order chi connectivity index (χ1) is 15.0. The minimum absolute atomic E-state index is 0.0880. The number of carbonyl (C=O) groups excluding carboxylic acids is 2. The number of aromatic nitrogens is 2. The monoisotopic (exact) mass is 457 g/mol. The summed E-state index contributed by atoms with van der Waals surface area (Å²) in [5, 5.41) is 0.288. The molecule has 0 spiro atoms. The van der Waals surface area contributed by atoms with Gasteiger partial charge in [0.15, 0.2) is 21.3 Å². The molecular weight excluding hydrogens is 438 g/mol. The molecule has 0 atom stereocenters. The van der Waals surface area contributed by atoms with Crippen molar-refractivity contribution in [3.63, 3.8) is 0 Å². The van der Waals surface area contributed by atoms with Gasteiger partial charge in [-0.2, -0.15) is 4.99 Å². The minimum Gasteiger partial charge on any atom is -0.493 e. The van der Waals surface area contributed by atoms with Crippen molar-refractivity contribution < 1.29 is 23.8 Å². The number of benzene rings is 2. The molecule has 2 heterocycles. The van der Waals surface area contributed by atoms with Gasteiger partial charge in [-0.05, 0) is 19.1 Å². The van der Waals surface area contributed by atoms with E-state index in [-0.39, 0.29) is 18.2 Å². The average Bonchev–Trinajstić information content (AvgIpc) is 3.34. The zero-order chi connectivity index (χ0) is 22.0. The normalized spacial score (nSPS) is 11.8. The SMILES string of the molecule is CCOC(=O)Cn1c(=NC(=O)c2nc3ccccc3s2)sc2cc(OC)c(OC)cc21. The number of esters is 1. The Morgan fingerprint density at radius 1 is 1.06 bits per heavy atom. The van der Waals surface area contributed by atoms with Crippen LogP contribution in [0.2, 0.25) is 0 Å². The molecule has 0 radical (unpaired) electrons. The van der Waals surface area contributed by atoms with Crippen LogP contribution in [0, 0.1) is 0 Å². The highest BCUT2D eigenvalue weighted by molar-refractivity contribution is 7.20.